The monoisotopic (exact) mass is 348 g/mol. The van der Waals surface area contributed by atoms with Gasteiger partial charge in [0.05, 0.1) is 0 Å². The van der Waals surface area contributed by atoms with Crippen molar-refractivity contribution >= 4 is 5.91 Å². The first-order valence-electron chi connectivity index (χ1n) is 9.55. The average molecular weight is 348 g/mol. The Labute approximate surface area is 148 Å². The first-order valence-corrected chi connectivity index (χ1v) is 9.55. The molecule has 0 radical (unpaired) electrons. The van der Waals surface area contributed by atoms with Crippen LogP contribution in [0.2, 0.25) is 0 Å². The molecular formula is C18H28N4O3. The molecule has 1 saturated carbocycles. The Balaban J connectivity index is 1.45. The van der Waals surface area contributed by atoms with Crippen LogP contribution in [0.3, 0.4) is 0 Å². The molecule has 4 rings (SSSR count). The Bertz CT molecular complexity index is 605. The molecule has 7 nitrogen and oxygen atoms in total. The third-order valence-electron chi connectivity index (χ3n) is 5.93. The lowest BCUT2D eigenvalue weighted by atomic mass is 9.78. The molecule has 3 aliphatic rings. The summed E-state index contributed by atoms with van der Waals surface area (Å²) in [5.41, 5.74) is 0. The lowest BCUT2D eigenvalue weighted by Crippen LogP contribution is -2.50. The van der Waals surface area contributed by atoms with E-state index in [2.05, 4.69) is 29.2 Å². The van der Waals surface area contributed by atoms with Crippen molar-refractivity contribution in [3.8, 4) is 0 Å². The second kappa shape index (κ2) is 7.03. The summed E-state index contributed by atoms with van der Waals surface area (Å²) in [5, 5.41) is 8.46. The number of nitrogens with zero attached hydrogens (tertiary/aromatic N) is 4. The van der Waals surface area contributed by atoms with E-state index in [-0.39, 0.29) is 24.0 Å². The summed E-state index contributed by atoms with van der Waals surface area (Å²) in [4.78, 5) is 17.2. The number of carbonyl (C=O) groups excluding carboxylic acids is 1. The number of rotatable bonds is 4. The fourth-order valence-corrected chi connectivity index (χ4v) is 4.18. The first kappa shape index (κ1) is 17.0. The number of hydrogen-bond acceptors (Lipinski definition) is 6. The van der Waals surface area contributed by atoms with E-state index in [9.17, 15) is 4.79 Å². The van der Waals surface area contributed by atoms with E-state index in [1.54, 1.807) is 0 Å². The average Bonchev–Trinajstić information content (AvgIpc) is 3.24. The Morgan fingerprint density at radius 1 is 1.12 bits per heavy atom. The van der Waals surface area contributed by atoms with Crippen molar-refractivity contribution in [3.05, 3.63) is 11.8 Å². The van der Waals surface area contributed by atoms with Gasteiger partial charge in [0.15, 0.2) is 0 Å². The van der Waals surface area contributed by atoms with Gasteiger partial charge in [-0.2, -0.15) is 0 Å². The van der Waals surface area contributed by atoms with Crippen LogP contribution >= 0.6 is 0 Å². The topological polar surface area (TPSA) is 71.7 Å². The molecule has 1 aromatic heterocycles. The van der Waals surface area contributed by atoms with Crippen LogP contribution in [-0.4, -0.2) is 59.2 Å². The summed E-state index contributed by atoms with van der Waals surface area (Å²) in [6.45, 7) is 1.55. The van der Waals surface area contributed by atoms with Crippen molar-refractivity contribution in [3.63, 3.8) is 0 Å². The third-order valence-corrected chi connectivity index (χ3v) is 5.93. The van der Waals surface area contributed by atoms with Gasteiger partial charge in [-0.1, -0.05) is 0 Å². The van der Waals surface area contributed by atoms with Gasteiger partial charge in [0.25, 0.3) is 0 Å². The second-order valence-corrected chi connectivity index (χ2v) is 7.81. The maximum absolute atomic E-state index is 13.0. The van der Waals surface area contributed by atoms with Gasteiger partial charge in [-0.3, -0.25) is 4.79 Å². The van der Waals surface area contributed by atoms with Crippen molar-refractivity contribution in [1.82, 2.24) is 20.0 Å². The summed E-state index contributed by atoms with van der Waals surface area (Å²) in [6, 6.07) is 0.467. The molecule has 25 heavy (non-hydrogen) atoms. The molecule has 0 N–H and O–H groups in total. The third kappa shape index (κ3) is 3.31. The van der Waals surface area contributed by atoms with Crippen LogP contribution in [0.1, 0.15) is 68.9 Å². The first-order chi connectivity index (χ1) is 12.1. The highest BCUT2D eigenvalue weighted by Gasteiger charge is 2.41. The molecular weight excluding hydrogens is 320 g/mol. The van der Waals surface area contributed by atoms with E-state index in [0.29, 0.717) is 17.8 Å². The molecule has 1 unspecified atom stereocenters. The van der Waals surface area contributed by atoms with Gasteiger partial charge in [0.1, 0.15) is 12.1 Å². The van der Waals surface area contributed by atoms with Crippen LogP contribution in [0.25, 0.3) is 0 Å². The van der Waals surface area contributed by atoms with Crippen LogP contribution in [0.5, 0.6) is 0 Å². The van der Waals surface area contributed by atoms with Gasteiger partial charge in [-0.15, -0.1) is 10.2 Å². The van der Waals surface area contributed by atoms with E-state index >= 15 is 0 Å². The summed E-state index contributed by atoms with van der Waals surface area (Å²) in [7, 11) is 4.17. The zero-order valence-corrected chi connectivity index (χ0v) is 15.2. The molecule has 0 spiro atoms. The molecule has 3 heterocycles. The number of amides is 1. The van der Waals surface area contributed by atoms with E-state index in [1.807, 2.05) is 4.90 Å². The fourth-order valence-electron chi connectivity index (χ4n) is 4.18. The zero-order valence-electron chi connectivity index (χ0n) is 15.2. The van der Waals surface area contributed by atoms with E-state index in [1.165, 1.54) is 0 Å². The molecule has 1 amide bonds. The smallest absolute Gasteiger partial charge is 0.245 e. The number of hydrogen-bond donors (Lipinski definition) is 0. The molecule has 2 atom stereocenters. The van der Waals surface area contributed by atoms with Crippen LogP contribution in [0.4, 0.5) is 0 Å². The Kier molecular flexibility index (Phi) is 4.78. The maximum atomic E-state index is 13.0. The Hall–Kier alpha value is -1.47. The number of likely N-dealkylation sites (tertiary alicyclic amines) is 1. The van der Waals surface area contributed by atoms with Crippen molar-refractivity contribution in [2.45, 2.75) is 63.1 Å². The predicted molar refractivity (Wildman–Crippen MR) is 90.7 cm³/mol. The van der Waals surface area contributed by atoms with E-state index < -0.39 is 0 Å². The van der Waals surface area contributed by atoms with Crippen LogP contribution < -0.4 is 0 Å². The van der Waals surface area contributed by atoms with E-state index in [0.717, 1.165) is 58.1 Å². The van der Waals surface area contributed by atoms with Crippen LogP contribution in [-0.2, 0) is 9.53 Å². The van der Waals surface area contributed by atoms with Gasteiger partial charge in [0.2, 0.25) is 17.7 Å². The second-order valence-electron chi connectivity index (χ2n) is 7.81. The number of aromatic nitrogens is 2. The Morgan fingerprint density at radius 3 is 2.64 bits per heavy atom. The minimum atomic E-state index is -0.0681. The quantitative estimate of drug-likeness (QED) is 0.831. The van der Waals surface area contributed by atoms with Crippen molar-refractivity contribution in [2.24, 2.45) is 5.92 Å². The standard InChI is InChI=1S/C18H28N4O3/c1-21(2)13-10-12(11-13)18(23)22-8-4-3-6-14(22)16-19-20-17(25-16)15-7-5-9-24-15/h12-15H,3-11H2,1-2H3/t12?,13?,14?,15-/m1/s1. The summed E-state index contributed by atoms with van der Waals surface area (Å²) in [5.74, 6) is 1.57. The van der Waals surface area contributed by atoms with Gasteiger partial charge in [-0.25, -0.2) is 0 Å². The van der Waals surface area contributed by atoms with Gasteiger partial charge in [-0.05, 0) is 59.0 Å². The van der Waals surface area contributed by atoms with Crippen LogP contribution in [0.15, 0.2) is 4.42 Å². The van der Waals surface area contributed by atoms with Crippen molar-refractivity contribution in [2.75, 3.05) is 27.2 Å². The molecule has 1 aromatic rings. The number of ether oxygens (including phenoxy) is 1. The van der Waals surface area contributed by atoms with Crippen molar-refractivity contribution in [1.29, 1.82) is 0 Å². The highest BCUT2D eigenvalue weighted by atomic mass is 16.5. The molecule has 7 heteroatoms. The van der Waals surface area contributed by atoms with Crippen molar-refractivity contribution < 1.29 is 13.9 Å². The minimum absolute atomic E-state index is 0.0673. The fraction of sp³-hybridized carbons (Fsp3) is 0.833. The van der Waals surface area contributed by atoms with Gasteiger partial charge in [0, 0.05) is 25.1 Å². The molecule has 2 saturated heterocycles. The van der Waals surface area contributed by atoms with Gasteiger partial charge < -0.3 is 19.0 Å². The number of piperidine rings is 1. The lowest BCUT2D eigenvalue weighted by molar-refractivity contribution is -0.144. The van der Waals surface area contributed by atoms with E-state index in [4.69, 9.17) is 9.15 Å². The molecule has 0 bridgehead atoms. The number of carbonyl (C=O) groups is 1. The summed E-state index contributed by atoms with van der Waals surface area (Å²) >= 11 is 0. The maximum Gasteiger partial charge on any atom is 0.245 e. The normalized spacial score (nSPS) is 32.8. The Morgan fingerprint density at radius 2 is 1.92 bits per heavy atom. The van der Waals surface area contributed by atoms with Gasteiger partial charge >= 0.3 is 0 Å². The molecule has 138 valence electrons. The molecule has 3 fully saturated rings. The highest BCUT2D eigenvalue weighted by Crippen LogP contribution is 2.38. The summed E-state index contributed by atoms with van der Waals surface area (Å²) in [6.07, 6.45) is 6.87. The summed E-state index contributed by atoms with van der Waals surface area (Å²) < 4.78 is 11.6. The zero-order chi connectivity index (χ0) is 17.4. The molecule has 1 aliphatic carbocycles. The van der Waals surface area contributed by atoms with Crippen LogP contribution in [0, 0.1) is 5.92 Å². The molecule has 2 aliphatic heterocycles. The highest BCUT2D eigenvalue weighted by molar-refractivity contribution is 5.80. The minimum Gasteiger partial charge on any atom is -0.420 e. The lowest BCUT2D eigenvalue weighted by Gasteiger charge is -2.43. The molecule has 0 aromatic carbocycles. The largest absolute Gasteiger partial charge is 0.420 e. The SMILES string of the molecule is CN(C)C1CC(C(=O)N2CCCCC2c2nnc([C@H]3CCCO3)o2)C1. The predicted octanol–water partition coefficient (Wildman–Crippen LogP) is 2.31.